The van der Waals surface area contributed by atoms with Crippen molar-refractivity contribution in [2.75, 3.05) is 19.8 Å². The first-order chi connectivity index (χ1) is 7.45. The summed E-state index contributed by atoms with van der Waals surface area (Å²) < 4.78 is 17.4. The predicted molar refractivity (Wildman–Crippen MR) is 55.8 cm³/mol. The van der Waals surface area contributed by atoms with Gasteiger partial charge in [-0.05, 0) is 32.1 Å². The van der Waals surface area contributed by atoms with Gasteiger partial charge in [0.25, 0.3) is 0 Å². The van der Waals surface area contributed by atoms with Crippen molar-refractivity contribution < 1.29 is 14.2 Å². The molecule has 0 amide bonds. The smallest absolute Gasteiger partial charge is 0.0890 e. The lowest BCUT2D eigenvalue weighted by Gasteiger charge is -2.27. The van der Waals surface area contributed by atoms with E-state index in [0.717, 1.165) is 26.2 Å². The van der Waals surface area contributed by atoms with E-state index in [9.17, 15) is 0 Å². The molecule has 0 aliphatic carbocycles. The fourth-order valence-corrected chi connectivity index (χ4v) is 3.21. The highest BCUT2D eigenvalue weighted by Gasteiger charge is 2.42. The van der Waals surface area contributed by atoms with Crippen molar-refractivity contribution in [3.05, 3.63) is 0 Å². The lowest BCUT2D eigenvalue weighted by Crippen LogP contribution is -2.36. The molecular formula is C12H20O3. The molecule has 3 heterocycles. The van der Waals surface area contributed by atoms with Gasteiger partial charge in [0, 0.05) is 25.7 Å². The Morgan fingerprint density at radius 1 is 0.667 bits per heavy atom. The average Bonchev–Trinajstić information content (AvgIpc) is 3.01. The third kappa shape index (κ3) is 1.93. The monoisotopic (exact) mass is 212 g/mol. The minimum atomic E-state index is 0.315. The summed E-state index contributed by atoms with van der Waals surface area (Å²) in [6.45, 7) is 2.76. The van der Waals surface area contributed by atoms with Gasteiger partial charge in [0.05, 0.1) is 18.3 Å². The van der Waals surface area contributed by atoms with Crippen LogP contribution in [0.4, 0.5) is 0 Å². The average molecular weight is 212 g/mol. The van der Waals surface area contributed by atoms with Gasteiger partial charge in [-0.15, -0.1) is 0 Å². The van der Waals surface area contributed by atoms with Crippen molar-refractivity contribution in [3.8, 4) is 0 Å². The van der Waals surface area contributed by atoms with Crippen LogP contribution in [0.25, 0.3) is 0 Å². The number of rotatable bonds is 2. The first-order valence-electron chi connectivity index (χ1n) is 6.30. The highest BCUT2D eigenvalue weighted by atomic mass is 16.6. The topological polar surface area (TPSA) is 27.7 Å². The van der Waals surface area contributed by atoms with E-state index in [1.54, 1.807) is 0 Å². The summed E-state index contributed by atoms with van der Waals surface area (Å²) in [5, 5.41) is 0. The summed E-state index contributed by atoms with van der Waals surface area (Å²) in [6, 6.07) is 0. The zero-order valence-electron chi connectivity index (χ0n) is 9.19. The van der Waals surface area contributed by atoms with Crippen LogP contribution in [0.1, 0.15) is 32.1 Å². The second-order valence-corrected chi connectivity index (χ2v) is 4.89. The maximum Gasteiger partial charge on any atom is 0.0890 e. The fraction of sp³-hybridized carbons (Fsp3) is 1.00. The van der Waals surface area contributed by atoms with Gasteiger partial charge in [0.2, 0.25) is 0 Å². The van der Waals surface area contributed by atoms with Crippen LogP contribution in [-0.2, 0) is 14.2 Å². The van der Waals surface area contributed by atoms with Gasteiger partial charge in [0.15, 0.2) is 0 Å². The molecule has 0 aromatic carbocycles. The number of hydrogen-bond acceptors (Lipinski definition) is 3. The zero-order valence-corrected chi connectivity index (χ0v) is 9.19. The van der Waals surface area contributed by atoms with Crippen LogP contribution >= 0.6 is 0 Å². The van der Waals surface area contributed by atoms with Gasteiger partial charge >= 0.3 is 0 Å². The lowest BCUT2D eigenvalue weighted by atomic mass is 9.89. The summed E-state index contributed by atoms with van der Waals surface area (Å²) in [5.41, 5.74) is 0. The Hall–Kier alpha value is -0.120. The molecule has 3 aliphatic rings. The highest BCUT2D eigenvalue weighted by molar-refractivity contribution is 4.90. The van der Waals surface area contributed by atoms with Crippen LogP contribution in [-0.4, -0.2) is 38.1 Å². The van der Waals surface area contributed by atoms with Gasteiger partial charge in [-0.3, -0.25) is 0 Å². The molecule has 0 aromatic rings. The minimum absolute atomic E-state index is 0.315. The predicted octanol–water partition coefficient (Wildman–Crippen LogP) is 1.75. The van der Waals surface area contributed by atoms with E-state index in [0.29, 0.717) is 24.2 Å². The van der Waals surface area contributed by atoms with Crippen molar-refractivity contribution in [1.29, 1.82) is 0 Å². The van der Waals surface area contributed by atoms with E-state index in [2.05, 4.69) is 0 Å². The molecule has 3 nitrogen and oxygen atoms in total. The van der Waals surface area contributed by atoms with Crippen molar-refractivity contribution in [1.82, 2.24) is 0 Å². The van der Waals surface area contributed by atoms with Crippen LogP contribution < -0.4 is 0 Å². The second-order valence-electron chi connectivity index (χ2n) is 4.89. The van der Waals surface area contributed by atoms with Crippen LogP contribution in [0.3, 0.4) is 0 Å². The molecule has 3 saturated heterocycles. The summed E-state index contributed by atoms with van der Waals surface area (Å²) in [6.07, 6.45) is 7.08. The SMILES string of the molecule is C1COC(C2CCOC2C2CCCO2)C1. The van der Waals surface area contributed by atoms with Crippen molar-refractivity contribution in [2.24, 2.45) is 5.92 Å². The van der Waals surface area contributed by atoms with Crippen molar-refractivity contribution in [3.63, 3.8) is 0 Å². The molecule has 4 unspecified atom stereocenters. The molecule has 86 valence electrons. The molecule has 3 fully saturated rings. The first kappa shape index (κ1) is 10.1. The van der Waals surface area contributed by atoms with Crippen molar-refractivity contribution >= 4 is 0 Å². The van der Waals surface area contributed by atoms with E-state index >= 15 is 0 Å². The van der Waals surface area contributed by atoms with E-state index < -0.39 is 0 Å². The Bertz CT molecular complexity index is 185. The molecule has 3 aliphatic heterocycles. The van der Waals surface area contributed by atoms with Crippen molar-refractivity contribution in [2.45, 2.75) is 50.4 Å². The molecule has 15 heavy (non-hydrogen) atoms. The lowest BCUT2D eigenvalue weighted by molar-refractivity contribution is -0.0592. The standard InChI is InChI=1S/C12H20O3/c1-3-10(13-6-1)9-5-8-15-12(9)11-4-2-7-14-11/h9-12H,1-8H2. The Morgan fingerprint density at radius 3 is 2.07 bits per heavy atom. The number of hydrogen-bond donors (Lipinski definition) is 0. The molecule has 0 aromatic heterocycles. The van der Waals surface area contributed by atoms with Crippen LogP contribution in [0, 0.1) is 5.92 Å². The largest absolute Gasteiger partial charge is 0.378 e. The summed E-state index contributed by atoms with van der Waals surface area (Å²) in [5.74, 6) is 0.593. The summed E-state index contributed by atoms with van der Waals surface area (Å²) >= 11 is 0. The third-order valence-electron chi connectivity index (χ3n) is 3.96. The zero-order chi connectivity index (χ0) is 10.1. The summed E-state index contributed by atoms with van der Waals surface area (Å²) in [7, 11) is 0. The Labute approximate surface area is 91.1 Å². The van der Waals surface area contributed by atoms with Gasteiger partial charge < -0.3 is 14.2 Å². The van der Waals surface area contributed by atoms with Crippen LogP contribution in [0.15, 0.2) is 0 Å². The molecule has 0 radical (unpaired) electrons. The maximum absolute atomic E-state index is 5.86. The highest BCUT2D eigenvalue weighted by Crippen LogP contribution is 2.36. The van der Waals surface area contributed by atoms with E-state index in [1.165, 1.54) is 25.7 Å². The maximum atomic E-state index is 5.86. The minimum Gasteiger partial charge on any atom is -0.378 e. The second kappa shape index (κ2) is 4.40. The van der Waals surface area contributed by atoms with Crippen LogP contribution in [0.5, 0.6) is 0 Å². The van der Waals surface area contributed by atoms with E-state index in [4.69, 9.17) is 14.2 Å². The quantitative estimate of drug-likeness (QED) is 0.698. The van der Waals surface area contributed by atoms with Crippen LogP contribution in [0.2, 0.25) is 0 Å². The molecule has 0 bridgehead atoms. The molecule has 0 spiro atoms. The van der Waals surface area contributed by atoms with Gasteiger partial charge in [-0.2, -0.15) is 0 Å². The molecular weight excluding hydrogens is 192 g/mol. The molecule has 3 heteroatoms. The van der Waals surface area contributed by atoms with E-state index in [1.807, 2.05) is 0 Å². The normalized spacial score (nSPS) is 46.4. The Kier molecular flexibility index (Phi) is 2.95. The first-order valence-corrected chi connectivity index (χ1v) is 6.30. The fourth-order valence-electron chi connectivity index (χ4n) is 3.21. The number of ether oxygens (including phenoxy) is 3. The van der Waals surface area contributed by atoms with Gasteiger partial charge in [-0.25, -0.2) is 0 Å². The molecule has 4 atom stereocenters. The molecule has 0 saturated carbocycles. The molecule has 0 N–H and O–H groups in total. The third-order valence-corrected chi connectivity index (χ3v) is 3.96. The molecule has 3 rings (SSSR count). The summed E-state index contributed by atoms with van der Waals surface area (Å²) in [4.78, 5) is 0. The Balaban J connectivity index is 1.65. The van der Waals surface area contributed by atoms with Gasteiger partial charge in [0.1, 0.15) is 0 Å². The Morgan fingerprint density at radius 2 is 1.40 bits per heavy atom. The van der Waals surface area contributed by atoms with E-state index in [-0.39, 0.29) is 0 Å². The van der Waals surface area contributed by atoms with Gasteiger partial charge in [-0.1, -0.05) is 0 Å².